The number of hydrogen-bond acceptors (Lipinski definition) is 6. The highest BCUT2D eigenvalue weighted by Gasteiger charge is 2.38. The third-order valence-corrected chi connectivity index (χ3v) is 6.69. The topological polar surface area (TPSA) is 84.3 Å². The van der Waals surface area contributed by atoms with Crippen molar-refractivity contribution in [3.8, 4) is 0 Å². The van der Waals surface area contributed by atoms with E-state index in [1.54, 1.807) is 18.4 Å². The maximum atomic E-state index is 12.8. The molecule has 7 nitrogen and oxygen atoms in total. The molecule has 1 N–H and O–H groups in total. The zero-order chi connectivity index (χ0) is 19.3. The molecule has 13 heteroatoms. The largest absolute Gasteiger partial charge is 0.485 e. The number of fused-ring (bicyclic) bond motifs is 1. The van der Waals surface area contributed by atoms with E-state index < -0.39 is 28.9 Å². The van der Waals surface area contributed by atoms with E-state index >= 15 is 0 Å². The summed E-state index contributed by atoms with van der Waals surface area (Å²) in [4.78, 5) is 16.1. The summed E-state index contributed by atoms with van der Waals surface area (Å²) in [5.74, 6) is -1.13. The van der Waals surface area contributed by atoms with Gasteiger partial charge in [-0.05, 0) is 23.9 Å². The van der Waals surface area contributed by atoms with Crippen LogP contribution in [0.1, 0.15) is 21.9 Å². The van der Waals surface area contributed by atoms with Gasteiger partial charge in [-0.3, -0.25) is 9.69 Å². The van der Waals surface area contributed by atoms with E-state index in [-0.39, 0.29) is 25.7 Å². The van der Waals surface area contributed by atoms with Gasteiger partial charge in [-0.15, -0.1) is 11.3 Å². The number of carbonyl (C=O) groups excluding carboxylic acids is 1. The van der Waals surface area contributed by atoms with Gasteiger partial charge in [0.2, 0.25) is 0 Å². The fraction of sp³-hybridized carbons (Fsp3) is 0.231. The number of nitrogens with zero attached hydrogens (tertiary/aromatic N) is 3. The van der Waals surface area contributed by atoms with Gasteiger partial charge in [0.05, 0.1) is 5.03 Å². The lowest BCUT2D eigenvalue weighted by Gasteiger charge is -2.27. The van der Waals surface area contributed by atoms with Crippen molar-refractivity contribution in [3.05, 3.63) is 40.9 Å². The summed E-state index contributed by atoms with van der Waals surface area (Å²) in [6, 6.07) is 1.58. The van der Waals surface area contributed by atoms with Crippen molar-refractivity contribution in [1.29, 1.82) is 0 Å². The summed E-state index contributed by atoms with van der Waals surface area (Å²) in [6.45, 7) is 0.910. The molecule has 0 spiro atoms. The molecule has 140 valence electrons. The molecule has 1 amide bonds. The van der Waals surface area contributed by atoms with Crippen LogP contribution in [0.5, 0.6) is 0 Å². The number of amides is 1. The first-order valence-electron chi connectivity index (χ1n) is 6.88. The Labute approximate surface area is 154 Å². The van der Waals surface area contributed by atoms with E-state index in [2.05, 4.69) is 4.98 Å². The van der Waals surface area contributed by atoms with Crippen LogP contribution in [0.2, 0.25) is 0 Å². The molecule has 2 aromatic rings. The number of nitrogens with one attached hydrogen (secondary N) is 1. The van der Waals surface area contributed by atoms with Gasteiger partial charge >= 0.3 is 6.30 Å². The summed E-state index contributed by atoms with van der Waals surface area (Å²) in [7, 11) is -4.11. The van der Waals surface area contributed by atoms with Crippen LogP contribution in [0.25, 0.3) is 5.03 Å². The predicted octanol–water partition coefficient (Wildman–Crippen LogP) is 2.70. The molecule has 2 aromatic heterocycles. The van der Waals surface area contributed by atoms with Gasteiger partial charge in [-0.2, -0.15) is 13.2 Å². The summed E-state index contributed by atoms with van der Waals surface area (Å²) in [5.41, 5.74) is 0.0968. The van der Waals surface area contributed by atoms with E-state index in [1.165, 1.54) is 0 Å². The molecule has 26 heavy (non-hydrogen) atoms. The van der Waals surface area contributed by atoms with E-state index in [4.69, 9.17) is 11.6 Å². The maximum absolute atomic E-state index is 12.8. The number of thiophene rings is 1. The average Bonchev–Trinajstić information content (AvgIpc) is 3.12. The number of halogens is 4. The lowest BCUT2D eigenvalue weighted by Crippen LogP contribution is -2.37. The molecule has 0 bridgehead atoms. The number of rotatable bonds is 3. The van der Waals surface area contributed by atoms with Crippen LogP contribution in [0.15, 0.2) is 28.1 Å². The van der Waals surface area contributed by atoms with Crippen LogP contribution in [-0.4, -0.2) is 35.1 Å². The lowest BCUT2D eigenvalue weighted by atomic mass is 10.4. The minimum Gasteiger partial charge on any atom is -0.311 e. The molecule has 0 saturated carbocycles. The van der Waals surface area contributed by atoms with Crippen LogP contribution in [0, 0.1) is 6.92 Å². The molecule has 3 rings (SSSR count). The van der Waals surface area contributed by atoms with Crippen molar-refractivity contribution in [3.63, 3.8) is 0 Å². The smallest absolute Gasteiger partial charge is 0.311 e. The Kier molecular flexibility index (Phi) is 4.53. The first-order chi connectivity index (χ1) is 12.0. The summed E-state index contributed by atoms with van der Waals surface area (Å²) >= 11 is 6.72. The van der Waals surface area contributed by atoms with Gasteiger partial charge in [-0.25, -0.2) is 18.1 Å². The molecule has 0 saturated heterocycles. The van der Waals surface area contributed by atoms with Gasteiger partial charge in [0.25, 0.3) is 15.9 Å². The molecule has 0 radical (unpaired) electrons. The Morgan fingerprint density at radius 3 is 2.69 bits per heavy atom. The van der Waals surface area contributed by atoms with Gasteiger partial charge in [0.15, 0.2) is 5.82 Å². The second kappa shape index (κ2) is 6.28. The molecular formula is C13H10ClF3N4O3S2. The first kappa shape index (κ1) is 18.7. The van der Waals surface area contributed by atoms with E-state index in [9.17, 15) is 26.4 Å². The number of hydrogen-bond donors (Lipinski definition) is 1. The van der Waals surface area contributed by atoms with E-state index in [0.29, 0.717) is 11.8 Å². The third-order valence-electron chi connectivity index (χ3n) is 3.41. The first-order valence-corrected chi connectivity index (χ1v) is 9.62. The Hall–Kier alpha value is -2.05. The number of imidazole rings is 1. The van der Waals surface area contributed by atoms with Crippen molar-refractivity contribution >= 4 is 43.9 Å². The second-order valence-electron chi connectivity index (χ2n) is 5.30. The van der Waals surface area contributed by atoms with Crippen molar-refractivity contribution in [2.24, 2.45) is 0 Å². The molecule has 0 atom stereocenters. The Morgan fingerprint density at radius 2 is 2.12 bits per heavy atom. The minimum absolute atomic E-state index is 0.0114. The van der Waals surface area contributed by atoms with E-state index in [1.807, 2.05) is 4.72 Å². The molecule has 0 aromatic carbocycles. The van der Waals surface area contributed by atoms with Gasteiger partial charge < -0.3 is 4.57 Å². The Balaban J connectivity index is 1.86. The molecule has 3 heterocycles. The maximum Gasteiger partial charge on any atom is 0.485 e. The van der Waals surface area contributed by atoms with Gasteiger partial charge in [0.1, 0.15) is 16.6 Å². The molecule has 0 unspecified atom stereocenters. The zero-order valence-electron chi connectivity index (χ0n) is 12.9. The van der Waals surface area contributed by atoms with Crippen molar-refractivity contribution in [2.45, 2.75) is 24.1 Å². The second-order valence-corrected chi connectivity index (χ2v) is 8.50. The van der Waals surface area contributed by atoms with E-state index in [0.717, 1.165) is 22.1 Å². The van der Waals surface area contributed by atoms with Gasteiger partial charge in [-0.1, -0.05) is 11.6 Å². The fourth-order valence-electron chi connectivity index (χ4n) is 2.23. The highest BCUT2D eigenvalue weighted by Crippen LogP contribution is 2.31. The van der Waals surface area contributed by atoms with Crippen molar-refractivity contribution in [1.82, 2.24) is 19.2 Å². The molecule has 0 fully saturated rings. The quantitative estimate of drug-likeness (QED) is 0.763. The average molecular weight is 427 g/mol. The fourth-order valence-corrected chi connectivity index (χ4v) is 4.88. The van der Waals surface area contributed by atoms with Crippen LogP contribution in [0.3, 0.4) is 0 Å². The molecular weight excluding hydrogens is 417 g/mol. The van der Waals surface area contributed by atoms with Gasteiger partial charge in [0, 0.05) is 12.4 Å². The molecule has 1 aliphatic rings. The normalized spacial score (nSPS) is 14.8. The Bertz CT molecular complexity index is 1010. The van der Waals surface area contributed by atoms with Crippen LogP contribution >= 0.6 is 22.9 Å². The van der Waals surface area contributed by atoms with Crippen LogP contribution in [-0.2, 0) is 16.7 Å². The van der Waals surface area contributed by atoms with Crippen molar-refractivity contribution < 1.29 is 26.4 Å². The summed E-state index contributed by atoms with van der Waals surface area (Å²) < 4.78 is 65.8. The standard InChI is InChI=1S/C13H10ClF3N4O3S2/c1-7-2-3-25-12(7)26(23,24)19-11(22)9-5-20-6-21(13(15,16)17)4-8(14)10(20)18-9/h2-5H,6H2,1H3,(H,19,22). The summed E-state index contributed by atoms with van der Waals surface area (Å²) in [5, 5.41) is 1.23. The Morgan fingerprint density at radius 1 is 1.42 bits per heavy atom. The SMILES string of the molecule is Cc1ccsc1S(=O)(=O)NC(=O)c1cn2c(n1)C(Cl)=CN(C(F)(F)F)C2. The number of carbonyl (C=O) groups is 1. The molecule has 0 aliphatic carbocycles. The highest BCUT2D eigenvalue weighted by atomic mass is 35.5. The minimum atomic E-state index is -4.66. The number of aromatic nitrogens is 2. The number of aryl methyl sites for hydroxylation is 1. The summed E-state index contributed by atoms with van der Waals surface area (Å²) in [6.07, 6.45) is -3.00. The lowest BCUT2D eigenvalue weighted by molar-refractivity contribution is -0.237. The predicted molar refractivity (Wildman–Crippen MR) is 87.7 cm³/mol. The number of alkyl halides is 3. The third kappa shape index (κ3) is 3.44. The van der Waals surface area contributed by atoms with Crippen LogP contribution < -0.4 is 4.72 Å². The van der Waals surface area contributed by atoms with Crippen LogP contribution in [0.4, 0.5) is 13.2 Å². The monoisotopic (exact) mass is 426 g/mol. The number of sulfonamides is 1. The highest BCUT2D eigenvalue weighted by molar-refractivity contribution is 7.92. The van der Waals surface area contributed by atoms with Crippen molar-refractivity contribution in [2.75, 3.05) is 0 Å². The zero-order valence-corrected chi connectivity index (χ0v) is 15.3. The molecule has 1 aliphatic heterocycles.